The molecule has 20 aromatic rings. The molecule has 14 nitrogen and oxygen atoms in total. The zero-order chi connectivity index (χ0) is 99.3. The predicted molar refractivity (Wildman–Crippen MR) is 583 cm³/mol. The van der Waals surface area contributed by atoms with Crippen LogP contribution in [-0.2, 0) is 77.9 Å². The van der Waals surface area contributed by atoms with E-state index < -0.39 is 11.6 Å². The van der Waals surface area contributed by atoms with Gasteiger partial charge in [-0.15, -0.1) is 141 Å². The van der Waals surface area contributed by atoms with Gasteiger partial charge in [0, 0.05) is 106 Å². The largest absolute Gasteiger partial charge is 3.00 e. The standard InChI is InChI=1S/2C22H20N2.2C20H16N2.C11H6F2N.2C11H8NO.C11H8N.4Rh/c1-16-8-6-9-17(2)22(16)18-10-7-11-19(14-18)24-15-23(3)20-12-4-5-13-21(20)24;1-16-13-14-19(17(2)22(16)18-9-5-4-6-10-18)24-15-23(3)20-11-7-8-12-21(20)24;2*1-21-15-22(20-13-6-5-12-19(20)21)18-11-7-10-17(14-18)16-8-3-2-4-9-16;12-8-4-5-9(10(13)7-8)11-3-1-2-6-14-11;2*1-2-6-10(7-3-1)13-11-8-4-5-9-12-11;1-2-6-10(7-3-1)11-8-4-5-9-12-11;;;;/h4-10,12-15H,1-3H3;4-13,15H,1-3H3;2*2-10,12-15H,1H3;1-4,6-7H;2*1-6,8-9H;1-6,8-9H;;;;/q4*-2;4*-1;4*+3. The molecule has 4 aliphatic rings. The van der Waals surface area contributed by atoms with Crippen LogP contribution in [0.15, 0.2) is 449 Å². The van der Waals surface area contributed by atoms with Gasteiger partial charge in [0.1, 0.15) is 0 Å². The summed E-state index contributed by atoms with van der Waals surface area (Å²) >= 11 is 0. The minimum Gasteiger partial charge on any atom is -0.504 e. The summed E-state index contributed by atoms with van der Waals surface area (Å²) in [5, 5.41) is 0. The number of nitrogens with zero attached hydrogens (tertiary/aromatic N) is 12. The van der Waals surface area contributed by atoms with Gasteiger partial charge < -0.3 is 58.6 Å². The second-order valence-electron chi connectivity index (χ2n) is 33.7. The smallest absolute Gasteiger partial charge is 0.504 e. The number of aromatic nitrogens is 4. The Morgan fingerprint density at radius 3 is 1.01 bits per heavy atom. The molecule has 736 valence electrons. The molecule has 20 heteroatoms. The fourth-order valence-corrected chi connectivity index (χ4v) is 16.9. The van der Waals surface area contributed by atoms with E-state index in [2.05, 4.69) is 427 Å². The van der Waals surface area contributed by atoms with Crippen molar-refractivity contribution in [3.05, 3.63) is 559 Å². The van der Waals surface area contributed by atoms with Crippen LogP contribution in [0.25, 0.3) is 67.0 Å². The number of benzene rings is 16. The molecule has 0 spiro atoms. The van der Waals surface area contributed by atoms with Gasteiger partial charge in [-0.25, -0.2) is 9.97 Å². The minimum absolute atomic E-state index is 0. The van der Waals surface area contributed by atoms with Gasteiger partial charge in [0.05, 0.1) is 0 Å². The van der Waals surface area contributed by atoms with E-state index in [1.807, 2.05) is 133 Å². The maximum Gasteiger partial charge on any atom is 3.00 e. The molecule has 8 heterocycles. The monoisotopic (exact) mass is 2290 g/mol. The number of pyridine rings is 4. The fourth-order valence-electron chi connectivity index (χ4n) is 16.9. The van der Waals surface area contributed by atoms with E-state index in [1.165, 1.54) is 112 Å². The average Bonchev–Trinajstić information content (AvgIpc) is 1.58. The minimum atomic E-state index is -0.649. The van der Waals surface area contributed by atoms with Crippen molar-refractivity contribution in [2.45, 2.75) is 27.7 Å². The van der Waals surface area contributed by atoms with Crippen molar-refractivity contribution in [2.24, 2.45) is 0 Å². The molecule has 0 atom stereocenters. The van der Waals surface area contributed by atoms with E-state index in [9.17, 15) is 8.78 Å². The number of halogens is 2. The summed E-state index contributed by atoms with van der Waals surface area (Å²) in [5.74, 6) is 1.25. The van der Waals surface area contributed by atoms with Crippen LogP contribution in [0.1, 0.15) is 22.3 Å². The Labute approximate surface area is 920 Å². The van der Waals surface area contributed by atoms with Crippen LogP contribution in [0.4, 0.5) is 77.0 Å². The molecule has 24 rings (SSSR count). The third kappa shape index (κ3) is 28.2. The van der Waals surface area contributed by atoms with Gasteiger partial charge in [-0.1, -0.05) is 220 Å². The number of anilines is 12. The van der Waals surface area contributed by atoms with Gasteiger partial charge in [-0.3, -0.25) is 8.78 Å². The number of aryl methyl sites for hydroxylation is 3. The van der Waals surface area contributed by atoms with Crippen molar-refractivity contribution >= 4 is 68.2 Å². The normalized spacial score (nSPS) is 11.7. The van der Waals surface area contributed by atoms with Crippen molar-refractivity contribution in [2.75, 3.05) is 67.4 Å². The molecular weight excluding hydrogens is 2190 g/mol. The van der Waals surface area contributed by atoms with E-state index in [4.69, 9.17) is 9.47 Å². The third-order valence-corrected chi connectivity index (χ3v) is 23.7. The van der Waals surface area contributed by atoms with E-state index in [1.54, 1.807) is 67.3 Å². The van der Waals surface area contributed by atoms with Gasteiger partial charge in [0.25, 0.3) is 0 Å². The molecule has 148 heavy (non-hydrogen) atoms. The topological polar surface area (TPSA) is 95.9 Å². The van der Waals surface area contributed by atoms with Gasteiger partial charge >= 0.3 is 77.9 Å². The first-order valence-electron chi connectivity index (χ1n) is 47.0. The Kier molecular flexibility index (Phi) is 40.5. The molecule has 4 aromatic heterocycles. The maximum atomic E-state index is 13.2. The molecule has 0 bridgehead atoms. The molecule has 0 N–H and O–H groups in total. The molecule has 0 aliphatic carbocycles. The number of fused-ring (bicyclic) bond motifs is 4. The predicted octanol–water partition coefficient (Wildman–Crippen LogP) is 31.4. The van der Waals surface area contributed by atoms with E-state index in [0.717, 1.165) is 46.1 Å². The summed E-state index contributed by atoms with van der Waals surface area (Å²) < 4.78 is 36.6. The number of rotatable bonds is 14. The van der Waals surface area contributed by atoms with Crippen LogP contribution in [0.3, 0.4) is 0 Å². The second kappa shape index (κ2) is 54.6. The average molecular weight is 2290 g/mol. The van der Waals surface area contributed by atoms with Crippen LogP contribution in [0.2, 0.25) is 0 Å². The molecular formula is C128H102F2N12O2Rh4. The Morgan fingerprint density at radius 1 is 0.264 bits per heavy atom. The van der Waals surface area contributed by atoms with E-state index >= 15 is 0 Å². The van der Waals surface area contributed by atoms with Gasteiger partial charge in [-0.2, -0.15) is 135 Å². The number of ether oxygens (including phenoxy) is 2. The zero-order valence-corrected chi connectivity index (χ0v) is 88.9. The molecule has 0 saturated heterocycles. The molecule has 0 amide bonds. The van der Waals surface area contributed by atoms with Crippen LogP contribution >= 0.6 is 0 Å². The molecule has 0 saturated carbocycles. The van der Waals surface area contributed by atoms with Crippen molar-refractivity contribution in [1.82, 2.24) is 19.9 Å². The fraction of sp³-hybridized carbons (Fsp3) is 0.0625. The number of hydrogen-bond acceptors (Lipinski definition) is 14. The van der Waals surface area contributed by atoms with Crippen LogP contribution in [0.5, 0.6) is 23.3 Å². The van der Waals surface area contributed by atoms with Gasteiger partial charge in [0.15, 0.2) is 0 Å². The van der Waals surface area contributed by atoms with Gasteiger partial charge in [0.2, 0.25) is 11.8 Å². The Bertz CT molecular complexity index is 7180. The molecule has 0 fully saturated rings. The maximum absolute atomic E-state index is 13.2. The third-order valence-electron chi connectivity index (χ3n) is 23.7. The summed E-state index contributed by atoms with van der Waals surface area (Å²) in [6.45, 7) is 17.1. The zero-order valence-electron chi connectivity index (χ0n) is 82.3. The summed E-state index contributed by atoms with van der Waals surface area (Å²) in [7, 11) is 8.30. The summed E-state index contributed by atoms with van der Waals surface area (Å²) in [6, 6.07) is 164. The van der Waals surface area contributed by atoms with Gasteiger partial charge in [-0.05, 0) is 160 Å². The van der Waals surface area contributed by atoms with Crippen LogP contribution in [-0.4, -0.2) is 48.1 Å². The van der Waals surface area contributed by atoms with Crippen LogP contribution < -0.4 is 48.7 Å². The molecule has 16 aromatic carbocycles. The van der Waals surface area contributed by atoms with E-state index in [-0.39, 0.29) is 83.5 Å². The van der Waals surface area contributed by atoms with E-state index in [0.29, 0.717) is 29.0 Å². The molecule has 0 unspecified atom stereocenters. The van der Waals surface area contributed by atoms with Crippen LogP contribution in [0, 0.1) is 115 Å². The summed E-state index contributed by atoms with van der Waals surface area (Å²) in [5.41, 5.74) is 31.6. The first-order valence-corrected chi connectivity index (χ1v) is 47.0. The quantitative estimate of drug-likeness (QED) is 0.0763. The van der Waals surface area contributed by atoms with Crippen molar-refractivity contribution < 1.29 is 96.2 Å². The second-order valence-corrected chi connectivity index (χ2v) is 33.7. The Morgan fingerprint density at radius 2 is 0.622 bits per heavy atom. The van der Waals surface area contributed by atoms with Crippen molar-refractivity contribution in [1.29, 1.82) is 0 Å². The molecule has 0 radical (unpaired) electrons. The summed E-state index contributed by atoms with van der Waals surface area (Å²) in [4.78, 5) is 33.6. The first-order chi connectivity index (χ1) is 70.6. The van der Waals surface area contributed by atoms with Crippen molar-refractivity contribution in [3.8, 4) is 90.3 Å². The Balaban J connectivity index is 0.000000143. The SMILES string of the molecule is CN1[CH-]N(c2[c-]ccc(-c3ccccc3)c2)c2ccccc21.CN1[CH-]N(c2[c-]ccc(-c3ccccc3)c2)c2ccccc21.Cc1c[c-]c(N2[CH-]N(C)c3ccccc32)c(C)c1-c1ccccc1.Cc1cccc(C)c1-c1cc[c-]c(N2[CH-]N(C)c3ccccc32)c1.Fc1c[c-]c(-c2ccccn2)c(F)c1.[Rh+3].[Rh+3].[Rh+3].[Rh+3].[c-]1ccccc1-c1ccccn1.[c-]1ccccc1Oc1ccccn1.[c-]1ccccc1Oc1ccccn1. The van der Waals surface area contributed by atoms with Crippen molar-refractivity contribution in [3.63, 3.8) is 0 Å². The summed E-state index contributed by atoms with van der Waals surface area (Å²) in [6.07, 6.45) is 6.72. The Hall–Kier alpha value is -15.5. The number of para-hydroxylation sites is 10. The first kappa shape index (κ1) is 110. The number of hydrogen-bond donors (Lipinski definition) is 0. The molecule has 4 aliphatic heterocycles.